The van der Waals surface area contributed by atoms with Crippen LogP contribution in [0.4, 0.5) is 4.39 Å². The van der Waals surface area contributed by atoms with Gasteiger partial charge in [-0.1, -0.05) is 41.9 Å². The second-order valence-corrected chi connectivity index (χ2v) is 5.57. The molecule has 2 aromatic carbocycles. The average molecular weight is 358 g/mol. The van der Waals surface area contributed by atoms with E-state index in [9.17, 15) is 14.3 Å². The van der Waals surface area contributed by atoms with Crippen LogP contribution in [0.3, 0.4) is 0 Å². The van der Waals surface area contributed by atoms with Crippen molar-refractivity contribution in [2.75, 3.05) is 0 Å². The van der Waals surface area contributed by atoms with Gasteiger partial charge < -0.3 is 9.84 Å². The molecule has 0 aliphatic rings. The fourth-order valence-corrected chi connectivity index (χ4v) is 2.45. The minimum absolute atomic E-state index is 0.00812. The standard InChI is InChI=1S/C19H13ClFNO3/c20-19-16(7-4-10-22-19)25-15-9-8-13(21)11-14(15)18(24)17(23)12-5-2-1-3-6-12/h1-11,18,24H. The first-order valence-electron chi connectivity index (χ1n) is 7.41. The normalized spacial score (nSPS) is 11.8. The third-order valence-corrected chi connectivity index (χ3v) is 3.80. The number of benzene rings is 2. The van der Waals surface area contributed by atoms with Gasteiger partial charge in [0.1, 0.15) is 17.7 Å². The predicted molar refractivity (Wildman–Crippen MR) is 91.5 cm³/mol. The van der Waals surface area contributed by atoms with Crippen molar-refractivity contribution in [3.8, 4) is 11.5 Å². The monoisotopic (exact) mass is 357 g/mol. The van der Waals surface area contributed by atoms with E-state index in [2.05, 4.69) is 4.98 Å². The van der Waals surface area contributed by atoms with Crippen molar-refractivity contribution in [2.45, 2.75) is 6.10 Å². The highest BCUT2D eigenvalue weighted by Gasteiger charge is 2.24. The zero-order valence-corrected chi connectivity index (χ0v) is 13.7. The van der Waals surface area contributed by atoms with Crippen LogP contribution in [0.25, 0.3) is 0 Å². The second-order valence-electron chi connectivity index (χ2n) is 5.21. The number of hydrogen-bond acceptors (Lipinski definition) is 4. The third-order valence-electron chi connectivity index (χ3n) is 3.52. The van der Waals surface area contributed by atoms with Crippen LogP contribution in [0.2, 0.25) is 5.15 Å². The minimum Gasteiger partial charge on any atom is -0.454 e. The molecular weight excluding hydrogens is 345 g/mol. The zero-order chi connectivity index (χ0) is 17.8. The smallest absolute Gasteiger partial charge is 0.195 e. The molecule has 0 aliphatic heterocycles. The Morgan fingerprint density at radius 1 is 1.08 bits per heavy atom. The molecule has 0 bridgehead atoms. The molecule has 6 heteroatoms. The summed E-state index contributed by atoms with van der Waals surface area (Å²) in [6.07, 6.45) is -0.0855. The number of aliphatic hydroxyl groups is 1. The lowest BCUT2D eigenvalue weighted by Gasteiger charge is -2.16. The highest BCUT2D eigenvalue weighted by molar-refractivity contribution is 6.30. The lowest BCUT2D eigenvalue weighted by Crippen LogP contribution is -2.13. The van der Waals surface area contributed by atoms with Gasteiger partial charge in [-0.2, -0.15) is 0 Å². The molecule has 0 radical (unpaired) electrons. The summed E-state index contributed by atoms with van der Waals surface area (Å²) < 4.78 is 19.3. The van der Waals surface area contributed by atoms with Gasteiger partial charge in [0.05, 0.1) is 0 Å². The predicted octanol–water partition coefficient (Wildman–Crippen LogP) is 4.58. The van der Waals surface area contributed by atoms with Crippen LogP contribution in [0, 0.1) is 5.82 Å². The van der Waals surface area contributed by atoms with Gasteiger partial charge in [-0.05, 0) is 30.3 Å². The molecule has 3 aromatic rings. The van der Waals surface area contributed by atoms with Crippen molar-refractivity contribution in [1.29, 1.82) is 0 Å². The Kier molecular flexibility index (Phi) is 5.07. The van der Waals surface area contributed by atoms with Crippen LogP contribution in [0.1, 0.15) is 22.0 Å². The molecule has 0 amide bonds. The van der Waals surface area contributed by atoms with Gasteiger partial charge in [-0.25, -0.2) is 9.37 Å². The van der Waals surface area contributed by atoms with Gasteiger partial charge >= 0.3 is 0 Å². The number of carbonyl (C=O) groups is 1. The summed E-state index contributed by atoms with van der Waals surface area (Å²) in [5, 5.41) is 10.6. The lowest BCUT2D eigenvalue weighted by atomic mass is 9.99. The number of halogens is 2. The summed E-state index contributed by atoms with van der Waals surface area (Å²) in [6.45, 7) is 0. The van der Waals surface area contributed by atoms with E-state index < -0.39 is 17.7 Å². The molecule has 0 spiro atoms. The van der Waals surface area contributed by atoms with Gasteiger partial charge in [-0.3, -0.25) is 4.79 Å². The average Bonchev–Trinajstić information content (AvgIpc) is 2.64. The van der Waals surface area contributed by atoms with Gasteiger partial charge in [0.2, 0.25) is 0 Å². The van der Waals surface area contributed by atoms with E-state index in [1.54, 1.807) is 42.5 Å². The van der Waals surface area contributed by atoms with E-state index >= 15 is 0 Å². The number of pyridine rings is 1. The molecule has 1 N–H and O–H groups in total. The highest BCUT2D eigenvalue weighted by Crippen LogP contribution is 2.34. The maximum atomic E-state index is 13.7. The Hall–Kier alpha value is -2.76. The Bertz CT molecular complexity index is 902. The summed E-state index contributed by atoms with van der Waals surface area (Å²) in [4.78, 5) is 16.3. The van der Waals surface area contributed by atoms with E-state index in [0.717, 1.165) is 6.07 Å². The maximum absolute atomic E-state index is 13.7. The third kappa shape index (κ3) is 3.84. The number of aliphatic hydroxyl groups excluding tert-OH is 1. The number of aromatic nitrogens is 1. The molecule has 1 heterocycles. The van der Waals surface area contributed by atoms with Crippen molar-refractivity contribution in [3.05, 3.63) is 89.0 Å². The first-order valence-corrected chi connectivity index (χ1v) is 7.79. The Morgan fingerprint density at radius 2 is 1.84 bits per heavy atom. The van der Waals surface area contributed by atoms with Crippen LogP contribution in [0.15, 0.2) is 66.9 Å². The SMILES string of the molecule is O=C(c1ccccc1)C(O)c1cc(F)ccc1Oc1cccnc1Cl. The van der Waals surface area contributed by atoms with Gasteiger partial charge in [0.25, 0.3) is 0 Å². The maximum Gasteiger partial charge on any atom is 0.195 e. The van der Waals surface area contributed by atoms with Crippen LogP contribution in [-0.4, -0.2) is 15.9 Å². The number of rotatable bonds is 5. The van der Waals surface area contributed by atoms with E-state index in [1.165, 1.54) is 18.3 Å². The molecule has 25 heavy (non-hydrogen) atoms. The van der Waals surface area contributed by atoms with Gasteiger partial charge in [0, 0.05) is 17.3 Å². The highest BCUT2D eigenvalue weighted by atomic mass is 35.5. The molecule has 0 saturated heterocycles. The Balaban J connectivity index is 1.97. The van der Waals surface area contributed by atoms with Crippen LogP contribution in [0.5, 0.6) is 11.5 Å². The zero-order valence-electron chi connectivity index (χ0n) is 12.9. The molecule has 3 rings (SSSR count). The molecular formula is C19H13ClFNO3. The van der Waals surface area contributed by atoms with Crippen molar-refractivity contribution in [3.63, 3.8) is 0 Å². The fourth-order valence-electron chi connectivity index (χ4n) is 2.29. The molecule has 1 unspecified atom stereocenters. The Morgan fingerprint density at radius 3 is 2.56 bits per heavy atom. The van der Waals surface area contributed by atoms with E-state index in [1.807, 2.05) is 0 Å². The van der Waals surface area contributed by atoms with E-state index in [4.69, 9.17) is 16.3 Å². The molecule has 0 fully saturated rings. The number of hydrogen-bond donors (Lipinski definition) is 1. The van der Waals surface area contributed by atoms with Crippen molar-refractivity contribution >= 4 is 17.4 Å². The number of nitrogens with zero attached hydrogens (tertiary/aromatic N) is 1. The first-order chi connectivity index (χ1) is 12.1. The second kappa shape index (κ2) is 7.42. The number of ketones is 1. The molecule has 126 valence electrons. The summed E-state index contributed by atoms with van der Waals surface area (Å²) in [5.74, 6) is -0.808. The topological polar surface area (TPSA) is 59.4 Å². The largest absolute Gasteiger partial charge is 0.454 e. The van der Waals surface area contributed by atoms with E-state index in [-0.39, 0.29) is 22.2 Å². The summed E-state index contributed by atoms with van der Waals surface area (Å²) >= 11 is 5.96. The fraction of sp³-hybridized carbons (Fsp3) is 0.0526. The lowest BCUT2D eigenvalue weighted by molar-refractivity contribution is 0.0742. The molecule has 0 aliphatic carbocycles. The minimum atomic E-state index is -1.58. The van der Waals surface area contributed by atoms with Crippen LogP contribution in [-0.2, 0) is 0 Å². The van der Waals surface area contributed by atoms with E-state index in [0.29, 0.717) is 5.56 Å². The van der Waals surface area contributed by atoms with Crippen LogP contribution >= 0.6 is 11.6 Å². The Labute approximate surface area is 148 Å². The number of Topliss-reactive ketones (excluding diaryl/α,β-unsaturated/α-hetero) is 1. The van der Waals surface area contributed by atoms with Crippen molar-refractivity contribution < 1.29 is 19.0 Å². The van der Waals surface area contributed by atoms with Crippen LogP contribution < -0.4 is 4.74 Å². The van der Waals surface area contributed by atoms with Crippen molar-refractivity contribution in [2.24, 2.45) is 0 Å². The molecule has 1 aromatic heterocycles. The molecule has 4 nitrogen and oxygen atoms in total. The molecule has 0 saturated carbocycles. The number of carbonyl (C=O) groups excluding carboxylic acids is 1. The van der Waals surface area contributed by atoms with Crippen molar-refractivity contribution in [1.82, 2.24) is 4.98 Å². The van der Waals surface area contributed by atoms with Gasteiger partial charge in [-0.15, -0.1) is 0 Å². The number of ether oxygens (including phenoxy) is 1. The molecule has 1 atom stereocenters. The quantitative estimate of drug-likeness (QED) is 0.536. The van der Waals surface area contributed by atoms with Gasteiger partial charge in [0.15, 0.2) is 16.7 Å². The summed E-state index contributed by atoms with van der Waals surface area (Å²) in [7, 11) is 0. The summed E-state index contributed by atoms with van der Waals surface area (Å²) in [6, 6.07) is 15.0. The summed E-state index contributed by atoms with van der Waals surface area (Å²) in [5.41, 5.74) is 0.318. The first kappa shape index (κ1) is 17.1.